The Bertz CT molecular complexity index is 1690. The van der Waals surface area contributed by atoms with Crippen molar-refractivity contribution in [2.75, 3.05) is 6.54 Å². The van der Waals surface area contributed by atoms with Crippen LogP contribution in [0, 0.1) is 0 Å². The van der Waals surface area contributed by atoms with E-state index in [-0.39, 0.29) is 24.3 Å². The van der Waals surface area contributed by atoms with Gasteiger partial charge < -0.3 is 14.8 Å². The smallest absolute Gasteiger partial charge is 0.350 e. The average molecular weight is 713 g/mol. The molecule has 0 spiro atoms. The van der Waals surface area contributed by atoms with E-state index in [0.717, 1.165) is 13.0 Å². The molecule has 0 saturated carbocycles. The number of nitrogens with one attached hydrogen (secondary N) is 1. The van der Waals surface area contributed by atoms with Gasteiger partial charge in [0.15, 0.2) is 11.4 Å². The van der Waals surface area contributed by atoms with Gasteiger partial charge in [-0.25, -0.2) is 4.79 Å². The number of hydrogen-bond donors (Lipinski definition) is 1. The summed E-state index contributed by atoms with van der Waals surface area (Å²) in [6.07, 6.45) is 0.875. The molecule has 5 aromatic rings. The summed E-state index contributed by atoms with van der Waals surface area (Å²) in [4.78, 5) is 24.5. The predicted octanol–water partition coefficient (Wildman–Crippen LogP) is 10.7. The number of hydrogen-bond acceptors (Lipinski definition) is 5. The summed E-state index contributed by atoms with van der Waals surface area (Å²) in [5.74, 6) is 0.367. The molecular formula is C43H47Cl2NO4. The molecule has 0 radical (unpaired) electrons. The zero-order chi connectivity index (χ0) is 35.2. The summed E-state index contributed by atoms with van der Waals surface area (Å²) in [7, 11) is 0. The maximum atomic E-state index is 12.4. The topological polar surface area (TPSA) is 64.6 Å². The quantitative estimate of drug-likeness (QED) is 0.0973. The van der Waals surface area contributed by atoms with Gasteiger partial charge in [-0.15, -0.1) is 12.4 Å². The van der Waals surface area contributed by atoms with Crippen LogP contribution in [0.1, 0.15) is 85.6 Å². The van der Waals surface area contributed by atoms with Crippen LogP contribution in [0.15, 0.2) is 140 Å². The van der Waals surface area contributed by atoms with Crippen LogP contribution in [-0.4, -0.2) is 30.0 Å². The van der Waals surface area contributed by atoms with Crippen LogP contribution in [0.2, 0.25) is 5.02 Å². The van der Waals surface area contributed by atoms with Gasteiger partial charge in [0.2, 0.25) is 0 Å². The van der Waals surface area contributed by atoms with Gasteiger partial charge in [-0.3, -0.25) is 4.79 Å². The van der Waals surface area contributed by atoms with E-state index in [1.165, 1.54) is 16.7 Å². The molecule has 7 heteroatoms. The Hall–Kier alpha value is -4.42. The zero-order valence-electron chi connectivity index (χ0n) is 29.3. The van der Waals surface area contributed by atoms with Crippen LogP contribution in [0.4, 0.5) is 0 Å². The highest BCUT2D eigenvalue weighted by Gasteiger charge is 2.32. The number of ketones is 1. The molecule has 0 aliphatic carbocycles. The van der Waals surface area contributed by atoms with Gasteiger partial charge in [0.05, 0.1) is 6.10 Å². The minimum absolute atomic E-state index is 0. The lowest BCUT2D eigenvalue weighted by atomic mass is 9.88. The van der Waals surface area contributed by atoms with E-state index < -0.39 is 11.6 Å². The molecule has 0 aliphatic rings. The van der Waals surface area contributed by atoms with E-state index in [2.05, 4.69) is 103 Å². The van der Waals surface area contributed by atoms with E-state index in [0.29, 0.717) is 33.9 Å². The van der Waals surface area contributed by atoms with Crippen molar-refractivity contribution in [3.05, 3.63) is 172 Å². The van der Waals surface area contributed by atoms with Gasteiger partial charge in [0.25, 0.3) is 0 Å². The molecule has 50 heavy (non-hydrogen) atoms. The third-order valence-electron chi connectivity index (χ3n) is 8.02. The fourth-order valence-electron chi connectivity index (χ4n) is 5.33. The largest absolute Gasteiger partial charge is 0.476 e. The highest BCUT2D eigenvalue weighted by Crippen LogP contribution is 2.28. The van der Waals surface area contributed by atoms with Crippen LogP contribution >= 0.6 is 24.0 Å². The first-order valence-corrected chi connectivity index (χ1v) is 17.1. The molecule has 262 valence electrons. The second kappa shape index (κ2) is 19.7. The molecule has 0 aromatic heterocycles. The molecule has 0 amide bonds. The summed E-state index contributed by atoms with van der Waals surface area (Å²) >= 11 is 5.84. The van der Waals surface area contributed by atoms with Gasteiger partial charge in [-0.05, 0) is 113 Å². The van der Waals surface area contributed by atoms with Crippen LogP contribution < -0.4 is 10.1 Å². The maximum Gasteiger partial charge on any atom is 0.350 e. The lowest BCUT2D eigenvalue weighted by Gasteiger charge is -2.25. The molecule has 5 rings (SSSR count). The molecule has 0 bridgehead atoms. The Labute approximate surface area is 308 Å². The van der Waals surface area contributed by atoms with Crippen molar-refractivity contribution in [3.63, 3.8) is 0 Å². The Kier molecular flexibility index (Phi) is 15.8. The van der Waals surface area contributed by atoms with E-state index in [1.807, 2.05) is 0 Å². The first-order valence-electron chi connectivity index (χ1n) is 16.7. The number of ether oxygens (including phenoxy) is 2. The molecule has 0 aliphatic heterocycles. The van der Waals surface area contributed by atoms with Gasteiger partial charge >= 0.3 is 5.97 Å². The van der Waals surface area contributed by atoms with Crippen molar-refractivity contribution in [1.82, 2.24) is 5.32 Å². The summed E-state index contributed by atoms with van der Waals surface area (Å²) in [5, 5.41) is 4.25. The minimum Gasteiger partial charge on any atom is -0.476 e. The molecule has 1 atom stereocenters. The molecular weight excluding hydrogens is 665 g/mol. The summed E-state index contributed by atoms with van der Waals surface area (Å²) < 4.78 is 10.9. The average Bonchev–Trinajstić information content (AvgIpc) is 3.11. The SMILES string of the molecule is CC(C)OC(=O)C(C)(C)Oc1ccc(C(=O)c2ccc(Cl)cc2)cc1.CC(NCCC(c1ccccc1)c1ccccc1)c1ccccc1.Cl. The van der Waals surface area contributed by atoms with E-state index in [9.17, 15) is 9.59 Å². The monoisotopic (exact) mass is 711 g/mol. The Morgan fingerprint density at radius 3 is 1.56 bits per heavy atom. The van der Waals surface area contributed by atoms with Crippen molar-refractivity contribution in [1.29, 1.82) is 0 Å². The number of halogens is 2. The molecule has 5 nitrogen and oxygen atoms in total. The highest BCUT2D eigenvalue weighted by atomic mass is 35.5. The van der Waals surface area contributed by atoms with Gasteiger partial charge in [-0.1, -0.05) is 103 Å². The minimum atomic E-state index is -1.12. The normalized spacial score (nSPS) is 11.5. The number of rotatable bonds is 13. The van der Waals surface area contributed by atoms with E-state index in [4.69, 9.17) is 21.1 Å². The molecule has 1 unspecified atom stereocenters. The van der Waals surface area contributed by atoms with Crippen LogP contribution in [0.25, 0.3) is 0 Å². The Morgan fingerprint density at radius 2 is 1.10 bits per heavy atom. The van der Waals surface area contributed by atoms with Crippen LogP contribution in [-0.2, 0) is 9.53 Å². The molecule has 5 aromatic carbocycles. The molecule has 1 N–H and O–H groups in total. The van der Waals surface area contributed by atoms with Crippen molar-refractivity contribution in [2.45, 2.75) is 64.7 Å². The van der Waals surface area contributed by atoms with Gasteiger partial charge in [0.1, 0.15) is 5.75 Å². The first kappa shape index (κ1) is 40.0. The van der Waals surface area contributed by atoms with Crippen LogP contribution in [0.5, 0.6) is 5.75 Å². The fraction of sp³-hybridized carbons (Fsp3) is 0.256. The second-order valence-electron chi connectivity index (χ2n) is 12.7. The zero-order valence-corrected chi connectivity index (χ0v) is 30.9. The lowest BCUT2D eigenvalue weighted by Crippen LogP contribution is -2.40. The van der Waals surface area contributed by atoms with Crippen molar-refractivity contribution >= 4 is 35.8 Å². The standard InChI is InChI=1S/C23H25N.C20H21ClO4.ClH/c1-19(20-11-5-2-6-12-20)24-18-17-23(21-13-7-3-8-14-21)22-15-9-4-10-16-22;1-13(2)24-19(23)20(3,4)25-17-11-7-15(8-12-17)18(22)14-5-9-16(21)10-6-14;/h2-16,19,23-24H,17-18H2,1H3;5-13H,1-4H3;1H. The summed E-state index contributed by atoms with van der Waals surface area (Å²) in [5.41, 5.74) is 4.08. The predicted molar refractivity (Wildman–Crippen MR) is 207 cm³/mol. The fourth-order valence-corrected chi connectivity index (χ4v) is 5.46. The number of benzene rings is 5. The van der Waals surface area contributed by atoms with Crippen molar-refractivity contribution < 1.29 is 19.1 Å². The lowest BCUT2D eigenvalue weighted by molar-refractivity contribution is -0.163. The number of carbonyl (C=O) groups is 2. The third-order valence-corrected chi connectivity index (χ3v) is 8.27. The summed E-state index contributed by atoms with van der Waals surface area (Å²) in [6.45, 7) is 10.1. The molecule has 0 heterocycles. The van der Waals surface area contributed by atoms with E-state index >= 15 is 0 Å². The Morgan fingerprint density at radius 1 is 0.660 bits per heavy atom. The molecule has 0 saturated heterocycles. The van der Waals surface area contributed by atoms with E-state index in [1.54, 1.807) is 76.2 Å². The third kappa shape index (κ3) is 12.2. The van der Waals surface area contributed by atoms with Gasteiger partial charge in [0, 0.05) is 28.1 Å². The Balaban J connectivity index is 0.000000265. The first-order chi connectivity index (χ1) is 23.5. The van der Waals surface area contributed by atoms with Gasteiger partial charge in [-0.2, -0.15) is 0 Å². The van der Waals surface area contributed by atoms with Crippen LogP contribution in [0.3, 0.4) is 0 Å². The summed E-state index contributed by atoms with van der Waals surface area (Å²) in [6, 6.07) is 46.0. The number of esters is 1. The molecule has 0 fully saturated rings. The van der Waals surface area contributed by atoms with Crippen molar-refractivity contribution in [2.24, 2.45) is 0 Å². The second-order valence-corrected chi connectivity index (χ2v) is 13.1. The highest BCUT2D eigenvalue weighted by molar-refractivity contribution is 6.30. The maximum absolute atomic E-state index is 12.4. The van der Waals surface area contributed by atoms with Crippen molar-refractivity contribution in [3.8, 4) is 5.75 Å². The number of carbonyl (C=O) groups excluding carboxylic acids is 2.